The molecular formula is C12H14N6. The van der Waals surface area contributed by atoms with Gasteiger partial charge in [-0.25, -0.2) is 9.50 Å². The minimum Gasteiger partial charge on any atom is -0.347 e. The first-order chi connectivity index (χ1) is 8.74. The second kappa shape index (κ2) is 4.14. The first-order valence-electron chi connectivity index (χ1n) is 5.82. The van der Waals surface area contributed by atoms with Gasteiger partial charge in [0.1, 0.15) is 5.82 Å². The molecule has 0 spiro atoms. The number of imidazole rings is 1. The lowest BCUT2D eigenvalue weighted by molar-refractivity contribution is 0.793. The summed E-state index contributed by atoms with van der Waals surface area (Å²) in [5.74, 6) is 1.47. The maximum Gasteiger partial charge on any atom is 0.243 e. The summed E-state index contributed by atoms with van der Waals surface area (Å²) in [6.45, 7) is 4.03. The van der Waals surface area contributed by atoms with Crippen LogP contribution in [0.1, 0.15) is 24.4 Å². The Morgan fingerprint density at radius 1 is 1.44 bits per heavy atom. The number of aromatic nitrogens is 5. The van der Waals surface area contributed by atoms with Gasteiger partial charge in [-0.15, -0.1) is 5.10 Å². The number of hydrogen-bond donors (Lipinski definition) is 2. The molecule has 0 saturated carbocycles. The predicted molar refractivity (Wildman–Crippen MR) is 68.3 cm³/mol. The van der Waals surface area contributed by atoms with Gasteiger partial charge in [-0.1, -0.05) is 6.07 Å². The summed E-state index contributed by atoms with van der Waals surface area (Å²) in [7, 11) is 0. The van der Waals surface area contributed by atoms with Gasteiger partial charge in [0, 0.05) is 18.6 Å². The Bertz CT molecular complexity index is 654. The zero-order chi connectivity index (χ0) is 12.5. The van der Waals surface area contributed by atoms with E-state index in [4.69, 9.17) is 0 Å². The van der Waals surface area contributed by atoms with Gasteiger partial charge >= 0.3 is 0 Å². The molecule has 0 aromatic carbocycles. The van der Waals surface area contributed by atoms with E-state index in [0.717, 1.165) is 17.0 Å². The lowest BCUT2D eigenvalue weighted by Crippen LogP contribution is -2.09. The zero-order valence-electron chi connectivity index (χ0n) is 10.3. The van der Waals surface area contributed by atoms with Crippen LogP contribution in [0.4, 0.5) is 5.95 Å². The summed E-state index contributed by atoms with van der Waals surface area (Å²) < 4.78 is 1.77. The molecule has 6 nitrogen and oxygen atoms in total. The predicted octanol–water partition coefficient (Wildman–Crippen LogP) is 1.93. The number of anilines is 1. The highest BCUT2D eigenvalue weighted by Gasteiger charge is 2.11. The molecule has 0 amide bonds. The summed E-state index contributed by atoms with van der Waals surface area (Å²) in [6.07, 6.45) is 5.42. The Labute approximate surface area is 104 Å². The molecule has 1 atom stereocenters. The third-order valence-corrected chi connectivity index (χ3v) is 2.83. The minimum absolute atomic E-state index is 0.0396. The quantitative estimate of drug-likeness (QED) is 0.736. The molecule has 1 unspecified atom stereocenters. The summed E-state index contributed by atoms with van der Waals surface area (Å²) >= 11 is 0. The molecule has 92 valence electrons. The van der Waals surface area contributed by atoms with E-state index in [0.29, 0.717) is 5.95 Å². The fourth-order valence-corrected chi connectivity index (χ4v) is 1.88. The van der Waals surface area contributed by atoms with Crippen molar-refractivity contribution in [3.05, 3.63) is 42.1 Å². The zero-order valence-corrected chi connectivity index (χ0v) is 10.3. The van der Waals surface area contributed by atoms with E-state index in [9.17, 15) is 0 Å². The van der Waals surface area contributed by atoms with Gasteiger partial charge in [0.15, 0.2) is 5.65 Å². The molecule has 3 aromatic rings. The number of rotatable bonds is 3. The molecule has 6 heteroatoms. The highest BCUT2D eigenvalue weighted by Crippen LogP contribution is 2.15. The molecule has 0 saturated heterocycles. The third kappa shape index (κ3) is 1.81. The maximum atomic E-state index is 4.46. The van der Waals surface area contributed by atoms with Crippen LogP contribution in [0, 0.1) is 6.92 Å². The van der Waals surface area contributed by atoms with Crippen molar-refractivity contribution in [2.45, 2.75) is 19.9 Å². The van der Waals surface area contributed by atoms with Crippen molar-refractivity contribution >= 4 is 11.6 Å². The number of nitrogens with zero attached hydrogens (tertiary/aromatic N) is 4. The Kier molecular flexibility index (Phi) is 2.47. The molecule has 3 rings (SSSR count). The lowest BCUT2D eigenvalue weighted by Gasteiger charge is -2.08. The van der Waals surface area contributed by atoms with Crippen LogP contribution in [0.5, 0.6) is 0 Å². The highest BCUT2D eigenvalue weighted by molar-refractivity contribution is 5.50. The van der Waals surface area contributed by atoms with Gasteiger partial charge in [-0.2, -0.15) is 4.98 Å². The van der Waals surface area contributed by atoms with Crippen LogP contribution in [0.25, 0.3) is 5.65 Å². The summed E-state index contributed by atoms with van der Waals surface area (Å²) in [6, 6.07) is 4.01. The fraction of sp³-hybridized carbons (Fsp3) is 0.250. The summed E-state index contributed by atoms with van der Waals surface area (Å²) in [5.41, 5.74) is 1.97. The fourth-order valence-electron chi connectivity index (χ4n) is 1.88. The number of aromatic amines is 1. The maximum absolute atomic E-state index is 4.46. The molecule has 0 radical (unpaired) electrons. The van der Waals surface area contributed by atoms with Crippen molar-refractivity contribution in [2.24, 2.45) is 0 Å². The molecule has 3 aromatic heterocycles. The van der Waals surface area contributed by atoms with Crippen molar-refractivity contribution in [3.63, 3.8) is 0 Å². The number of hydrogen-bond acceptors (Lipinski definition) is 4. The van der Waals surface area contributed by atoms with Crippen molar-refractivity contribution < 1.29 is 0 Å². The van der Waals surface area contributed by atoms with Crippen molar-refractivity contribution in [3.8, 4) is 0 Å². The van der Waals surface area contributed by atoms with Crippen molar-refractivity contribution in [1.82, 2.24) is 24.6 Å². The molecule has 0 aliphatic heterocycles. The van der Waals surface area contributed by atoms with E-state index in [1.807, 2.05) is 32.2 Å². The summed E-state index contributed by atoms with van der Waals surface area (Å²) in [4.78, 5) is 11.7. The van der Waals surface area contributed by atoms with Gasteiger partial charge in [0.05, 0.1) is 6.04 Å². The van der Waals surface area contributed by atoms with E-state index >= 15 is 0 Å². The van der Waals surface area contributed by atoms with Gasteiger partial charge in [-0.3, -0.25) is 0 Å². The second-order valence-corrected chi connectivity index (χ2v) is 4.24. The Hall–Kier alpha value is -2.37. The number of H-pyrrole nitrogens is 1. The first kappa shape index (κ1) is 10.8. The first-order valence-corrected chi connectivity index (χ1v) is 5.82. The van der Waals surface area contributed by atoms with Crippen LogP contribution < -0.4 is 5.32 Å². The average Bonchev–Trinajstić information content (AvgIpc) is 2.97. The number of pyridine rings is 1. The number of nitrogens with one attached hydrogen (secondary N) is 2. The average molecular weight is 242 g/mol. The molecular weight excluding hydrogens is 228 g/mol. The molecule has 2 N–H and O–H groups in total. The normalized spacial score (nSPS) is 12.8. The number of aryl methyl sites for hydroxylation is 1. The van der Waals surface area contributed by atoms with Gasteiger partial charge in [0.25, 0.3) is 0 Å². The smallest absolute Gasteiger partial charge is 0.243 e. The largest absolute Gasteiger partial charge is 0.347 e. The van der Waals surface area contributed by atoms with Crippen LogP contribution in [0.2, 0.25) is 0 Å². The summed E-state index contributed by atoms with van der Waals surface area (Å²) in [5, 5.41) is 7.60. The topological polar surface area (TPSA) is 70.9 Å². The van der Waals surface area contributed by atoms with Gasteiger partial charge < -0.3 is 10.3 Å². The van der Waals surface area contributed by atoms with Crippen LogP contribution >= 0.6 is 0 Å². The second-order valence-electron chi connectivity index (χ2n) is 4.24. The van der Waals surface area contributed by atoms with Crippen LogP contribution in [-0.4, -0.2) is 24.6 Å². The minimum atomic E-state index is 0.0396. The van der Waals surface area contributed by atoms with Crippen LogP contribution in [0.3, 0.4) is 0 Å². The van der Waals surface area contributed by atoms with Crippen molar-refractivity contribution in [1.29, 1.82) is 0 Å². The lowest BCUT2D eigenvalue weighted by atomic mass is 10.3. The monoisotopic (exact) mass is 242 g/mol. The number of fused-ring (bicyclic) bond motifs is 1. The van der Waals surface area contributed by atoms with Gasteiger partial charge in [-0.05, 0) is 25.5 Å². The molecule has 0 bridgehead atoms. The van der Waals surface area contributed by atoms with E-state index < -0.39 is 0 Å². The highest BCUT2D eigenvalue weighted by atomic mass is 15.3. The molecule has 0 aliphatic rings. The SMILES string of the molecule is Cc1cccn2nc(NC(C)c3ncc[nH]3)nc12. The van der Waals surface area contributed by atoms with E-state index in [1.54, 1.807) is 16.9 Å². The Balaban J connectivity index is 1.89. The van der Waals surface area contributed by atoms with Gasteiger partial charge in [0.2, 0.25) is 5.95 Å². The van der Waals surface area contributed by atoms with E-state index in [-0.39, 0.29) is 6.04 Å². The molecule has 0 fully saturated rings. The molecule has 3 heterocycles. The van der Waals surface area contributed by atoms with Crippen molar-refractivity contribution in [2.75, 3.05) is 5.32 Å². The van der Waals surface area contributed by atoms with Crippen LogP contribution in [0.15, 0.2) is 30.7 Å². The molecule has 18 heavy (non-hydrogen) atoms. The van der Waals surface area contributed by atoms with Crippen LogP contribution in [-0.2, 0) is 0 Å². The Morgan fingerprint density at radius 2 is 2.33 bits per heavy atom. The third-order valence-electron chi connectivity index (χ3n) is 2.83. The van der Waals surface area contributed by atoms with E-state index in [2.05, 4.69) is 25.4 Å². The van der Waals surface area contributed by atoms with E-state index in [1.165, 1.54) is 0 Å². The Morgan fingerprint density at radius 3 is 3.06 bits per heavy atom. The molecule has 0 aliphatic carbocycles. The standard InChI is InChI=1S/C12H14N6/c1-8-4-3-7-18-11(8)16-12(17-18)15-9(2)10-13-5-6-14-10/h3-7,9H,1-2H3,(H,13,14)(H,15,17).